The molecular formula is C6H16O4S2. The Hall–Kier alpha value is 0.540. The van der Waals surface area contributed by atoms with Gasteiger partial charge in [0.1, 0.15) is 0 Å². The molecule has 0 amide bonds. The molecule has 0 atom stereocenters. The quantitative estimate of drug-likeness (QED) is 0.348. The van der Waals surface area contributed by atoms with Crippen LogP contribution in [0.15, 0.2) is 0 Å². The molecule has 0 saturated carbocycles. The SMILES string of the molecule is OCCO.OCCSSCCO. The van der Waals surface area contributed by atoms with Crippen LogP contribution in [0.1, 0.15) is 0 Å². The van der Waals surface area contributed by atoms with E-state index in [2.05, 4.69) is 0 Å². The van der Waals surface area contributed by atoms with Crippen molar-refractivity contribution < 1.29 is 20.4 Å². The van der Waals surface area contributed by atoms with Crippen molar-refractivity contribution in [3.8, 4) is 0 Å². The summed E-state index contributed by atoms with van der Waals surface area (Å²) < 4.78 is 0. The first-order chi connectivity index (χ1) is 5.83. The molecule has 76 valence electrons. The Labute approximate surface area is 80.4 Å². The van der Waals surface area contributed by atoms with Gasteiger partial charge < -0.3 is 20.4 Å². The zero-order valence-corrected chi connectivity index (χ0v) is 8.48. The van der Waals surface area contributed by atoms with Crippen molar-refractivity contribution in [3.05, 3.63) is 0 Å². The van der Waals surface area contributed by atoms with Gasteiger partial charge in [-0.1, -0.05) is 21.6 Å². The third-order valence-electron chi connectivity index (χ3n) is 0.533. The third kappa shape index (κ3) is 22.4. The van der Waals surface area contributed by atoms with Crippen LogP contribution in [0.2, 0.25) is 0 Å². The van der Waals surface area contributed by atoms with Gasteiger partial charge in [-0.2, -0.15) is 0 Å². The molecule has 0 aromatic carbocycles. The fourth-order valence-corrected chi connectivity index (χ4v) is 1.73. The van der Waals surface area contributed by atoms with Crippen LogP contribution in [0.25, 0.3) is 0 Å². The van der Waals surface area contributed by atoms with Crippen molar-refractivity contribution in [3.63, 3.8) is 0 Å². The second-order valence-corrected chi connectivity index (χ2v) is 4.24. The molecule has 0 bridgehead atoms. The minimum atomic E-state index is -0.125. The summed E-state index contributed by atoms with van der Waals surface area (Å²) in [6.45, 7) is 0.201. The second-order valence-electron chi connectivity index (χ2n) is 1.54. The van der Waals surface area contributed by atoms with Gasteiger partial charge in [0.25, 0.3) is 0 Å². The molecule has 0 unspecified atom stereocenters. The van der Waals surface area contributed by atoms with Crippen molar-refractivity contribution >= 4 is 21.6 Å². The van der Waals surface area contributed by atoms with Gasteiger partial charge in [0.2, 0.25) is 0 Å². The fourth-order valence-electron chi connectivity index (χ4n) is 0.192. The first-order valence-electron chi connectivity index (χ1n) is 3.51. The van der Waals surface area contributed by atoms with Crippen LogP contribution < -0.4 is 0 Å². The predicted molar refractivity (Wildman–Crippen MR) is 53.3 cm³/mol. The van der Waals surface area contributed by atoms with Crippen LogP contribution in [-0.2, 0) is 0 Å². The number of rotatable bonds is 6. The summed E-state index contributed by atoms with van der Waals surface area (Å²) >= 11 is 0. The lowest BCUT2D eigenvalue weighted by atomic mass is 10.8. The molecule has 0 aliphatic carbocycles. The average Bonchev–Trinajstić information content (AvgIpc) is 2.13. The molecule has 0 saturated heterocycles. The number of hydrogen-bond donors (Lipinski definition) is 4. The molecule has 6 heteroatoms. The second kappa shape index (κ2) is 17.6. The molecule has 0 rings (SSSR count). The molecule has 4 nitrogen and oxygen atoms in total. The summed E-state index contributed by atoms with van der Waals surface area (Å²) in [7, 11) is 3.17. The van der Waals surface area contributed by atoms with E-state index in [4.69, 9.17) is 20.4 Å². The van der Waals surface area contributed by atoms with E-state index >= 15 is 0 Å². The van der Waals surface area contributed by atoms with Crippen LogP contribution in [0.3, 0.4) is 0 Å². The van der Waals surface area contributed by atoms with Crippen molar-refractivity contribution in [2.75, 3.05) is 37.9 Å². The molecule has 4 N–H and O–H groups in total. The minimum Gasteiger partial charge on any atom is -0.395 e. The highest BCUT2D eigenvalue weighted by molar-refractivity contribution is 8.76. The van der Waals surface area contributed by atoms with E-state index in [1.165, 1.54) is 0 Å². The van der Waals surface area contributed by atoms with Crippen LogP contribution in [0.4, 0.5) is 0 Å². The lowest BCUT2D eigenvalue weighted by Gasteiger charge is -1.93. The summed E-state index contributed by atoms with van der Waals surface area (Å²) in [6, 6.07) is 0. The van der Waals surface area contributed by atoms with Crippen molar-refractivity contribution in [2.45, 2.75) is 0 Å². The number of hydrogen-bond acceptors (Lipinski definition) is 6. The van der Waals surface area contributed by atoms with Gasteiger partial charge in [-0.15, -0.1) is 0 Å². The summed E-state index contributed by atoms with van der Waals surface area (Å²) in [6.07, 6.45) is 0. The lowest BCUT2D eigenvalue weighted by molar-refractivity contribution is 0.186. The first-order valence-corrected chi connectivity index (χ1v) is 6.00. The van der Waals surface area contributed by atoms with Crippen molar-refractivity contribution in [1.82, 2.24) is 0 Å². The standard InChI is InChI=1S/C4H10O2S2.C2H6O2/c5-1-3-7-8-4-2-6;3-1-2-4/h5-6H,1-4H2;3-4H,1-2H2. The largest absolute Gasteiger partial charge is 0.395 e. The van der Waals surface area contributed by atoms with E-state index < -0.39 is 0 Å². The highest BCUT2D eigenvalue weighted by atomic mass is 33.1. The summed E-state index contributed by atoms with van der Waals surface area (Å²) in [5, 5.41) is 31.8. The third-order valence-corrected chi connectivity index (χ3v) is 2.90. The molecule has 12 heavy (non-hydrogen) atoms. The Morgan fingerprint density at radius 3 is 1.08 bits per heavy atom. The summed E-state index contributed by atoms with van der Waals surface area (Å²) in [4.78, 5) is 0. The predicted octanol–water partition coefficient (Wildman–Crippen LogP) is -0.677. The Kier molecular flexibility index (Phi) is 22.0. The van der Waals surface area contributed by atoms with Crippen LogP contribution >= 0.6 is 21.6 Å². The Bertz CT molecular complexity index is 57.5. The van der Waals surface area contributed by atoms with Gasteiger partial charge in [0.15, 0.2) is 0 Å². The smallest absolute Gasteiger partial charge is 0.0662 e. The normalized spacial score (nSPS) is 9.00. The van der Waals surface area contributed by atoms with Crippen LogP contribution in [-0.4, -0.2) is 58.4 Å². The summed E-state index contributed by atoms with van der Waals surface area (Å²) in [5.74, 6) is 1.51. The maximum absolute atomic E-state index is 8.27. The van der Waals surface area contributed by atoms with Gasteiger partial charge in [0.05, 0.1) is 26.4 Å². The van der Waals surface area contributed by atoms with Crippen LogP contribution in [0.5, 0.6) is 0 Å². The molecule has 0 radical (unpaired) electrons. The summed E-state index contributed by atoms with van der Waals surface area (Å²) in [5.41, 5.74) is 0. The van der Waals surface area contributed by atoms with E-state index in [0.29, 0.717) is 0 Å². The van der Waals surface area contributed by atoms with E-state index in [1.54, 1.807) is 21.6 Å². The molecule has 0 aliphatic rings. The zero-order chi connectivity index (χ0) is 9.66. The number of aliphatic hydroxyl groups is 4. The van der Waals surface area contributed by atoms with Gasteiger partial charge in [-0.25, -0.2) is 0 Å². The molecule has 0 aliphatic heterocycles. The van der Waals surface area contributed by atoms with Crippen LogP contribution in [0, 0.1) is 0 Å². The van der Waals surface area contributed by atoms with Gasteiger partial charge in [-0.05, 0) is 0 Å². The van der Waals surface area contributed by atoms with Crippen molar-refractivity contribution in [1.29, 1.82) is 0 Å². The Morgan fingerprint density at radius 2 is 0.917 bits per heavy atom. The fraction of sp³-hybridized carbons (Fsp3) is 1.00. The Morgan fingerprint density at radius 1 is 0.583 bits per heavy atom. The first kappa shape index (κ1) is 15.0. The minimum absolute atomic E-state index is 0.125. The highest BCUT2D eigenvalue weighted by Crippen LogP contribution is 2.18. The van der Waals surface area contributed by atoms with E-state index in [9.17, 15) is 0 Å². The lowest BCUT2D eigenvalue weighted by Crippen LogP contribution is -1.85. The molecule has 0 heterocycles. The van der Waals surface area contributed by atoms with E-state index in [-0.39, 0.29) is 26.4 Å². The van der Waals surface area contributed by atoms with Gasteiger partial charge in [0, 0.05) is 11.5 Å². The molecule has 0 spiro atoms. The molecule has 0 aromatic heterocycles. The molecule has 0 aromatic rings. The van der Waals surface area contributed by atoms with Crippen molar-refractivity contribution in [2.24, 2.45) is 0 Å². The van der Waals surface area contributed by atoms with E-state index in [1.807, 2.05) is 0 Å². The monoisotopic (exact) mass is 216 g/mol. The molecule has 0 fully saturated rings. The van der Waals surface area contributed by atoms with Gasteiger partial charge >= 0.3 is 0 Å². The average molecular weight is 216 g/mol. The zero-order valence-electron chi connectivity index (χ0n) is 6.85. The maximum atomic E-state index is 8.27. The maximum Gasteiger partial charge on any atom is 0.0662 e. The highest BCUT2D eigenvalue weighted by Gasteiger charge is 1.85. The molecular weight excluding hydrogens is 200 g/mol. The number of aliphatic hydroxyl groups excluding tert-OH is 4. The Balaban J connectivity index is 0. The topological polar surface area (TPSA) is 80.9 Å². The van der Waals surface area contributed by atoms with Gasteiger partial charge in [-0.3, -0.25) is 0 Å². The van der Waals surface area contributed by atoms with E-state index in [0.717, 1.165) is 11.5 Å².